The fraction of sp³-hybridized carbons (Fsp3) is 0.500. The van der Waals surface area contributed by atoms with E-state index in [4.69, 9.17) is 33.2 Å². The maximum absolute atomic E-state index is 13.3. The van der Waals surface area contributed by atoms with Gasteiger partial charge in [-0.1, -0.05) is 31.5 Å². The van der Waals surface area contributed by atoms with Crippen molar-refractivity contribution in [2.24, 2.45) is 0 Å². The summed E-state index contributed by atoms with van der Waals surface area (Å²) in [6, 6.07) is 8.67. The molecular formula is C30H38N2O11. The van der Waals surface area contributed by atoms with Crippen molar-refractivity contribution < 1.29 is 52.3 Å². The maximum Gasteiger partial charge on any atom is 0.338 e. The molecule has 4 atom stereocenters. The van der Waals surface area contributed by atoms with Gasteiger partial charge < -0.3 is 38.5 Å². The predicted molar refractivity (Wildman–Crippen MR) is 151 cm³/mol. The molecule has 3 rings (SSSR count). The minimum atomic E-state index is -1.24. The molecule has 1 fully saturated rings. The van der Waals surface area contributed by atoms with Gasteiger partial charge in [-0.25, -0.2) is 14.6 Å². The number of carbonyl (C=O) groups is 4. The van der Waals surface area contributed by atoms with Crippen LogP contribution in [0.3, 0.4) is 0 Å². The number of nitrogens with one attached hydrogen (secondary N) is 1. The average molecular weight is 603 g/mol. The van der Waals surface area contributed by atoms with Gasteiger partial charge in [0.1, 0.15) is 12.2 Å². The molecule has 2 heterocycles. The van der Waals surface area contributed by atoms with Crippen molar-refractivity contribution in [2.75, 3.05) is 33.7 Å². The van der Waals surface area contributed by atoms with Crippen molar-refractivity contribution in [1.82, 2.24) is 10.3 Å². The number of cyclic esters (lactones) is 1. The summed E-state index contributed by atoms with van der Waals surface area (Å²) in [6.45, 7) is 4.71. The molecule has 1 amide bonds. The molecule has 1 aromatic heterocycles. The molecule has 1 aliphatic heterocycles. The van der Waals surface area contributed by atoms with Gasteiger partial charge in [0.05, 0.1) is 19.3 Å². The van der Waals surface area contributed by atoms with E-state index in [1.807, 2.05) is 6.92 Å². The molecule has 13 heteroatoms. The first-order valence-electron chi connectivity index (χ1n) is 14.0. The number of methoxy groups -OCH3 is 1. The summed E-state index contributed by atoms with van der Waals surface area (Å²) < 4.78 is 38.8. The standard InChI is InChI=1S/C30H38N2O11/c1-5-6-15-39-24-13-16-38-17-22(30(36)42-19(2)26(24)43-29(35)21-10-8-7-9-11-21)32-28(34)25-27(41-18-40-20(3)33)23(37-4)12-14-31-25/h7-12,14,19,22,24,26H,5-6,13,15-18H2,1-4H3,(H,32,34)/t19-,22-,24-,26-/m0/s1. The molecule has 1 saturated heterocycles. The number of benzene rings is 1. The summed E-state index contributed by atoms with van der Waals surface area (Å²) in [5.74, 6) is -2.73. The van der Waals surface area contributed by atoms with E-state index in [2.05, 4.69) is 10.3 Å². The average Bonchev–Trinajstić information content (AvgIpc) is 3.00. The van der Waals surface area contributed by atoms with Crippen LogP contribution in [0.2, 0.25) is 0 Å². The third kappa shape index (κ3) is 9.93. The number of ether oxygens (including phenoxy) is 7. The van der Waals surface area contributed by atoms with Crippen LogP contribution in [0.4, 0.5) is 0 Å². The summed E-state index contributed by atoms with van der Waals surface area (Å²) in [5.41, 5.74) is 0.118. The lowest BCUT2D eigenvalue weighted by Crippen LogP contribution is -2.51. The van der Waals surface area contributed by atoms with E-state index >= 15 is 0 Å². The highest BCUT2D eigenvalue weighted by Gasteiger charge is 2.37. The van der Waals surface area contributed by atoms with Crippen LogP contribution in [0.15, 0.2) is 42.6 Å². The number of pyridine rings is 1. The number of rotatable bonds is 12. The van der Waals surface area contributed by atoms with Gasteiger partial charge in [-0.05, 0) is 25.5 Å². The first-order valence-corrected chi connectivity index (χ1v) is 14.0. The van der Waals surface area contributed by atoms with Crippen molar-refractivity contribution >= 4 is 23.8 Å². The minimum Gasteiger partial charge on any atom is -0.493 e. The van der Waals surface area contributed by atoms with Gasteiger partial charge in [-0.15, -0.1) is 0 Å². The Morgan fingerprint density at radius 1 is 1.14 bits per heavy atom. The zero-order valence-electron chi connectivity index (χ0n) is 24.7. The fourth-order valence-corrected chi connectivity index (χ4v) is 4.15. The highest BCUT2D eigenvalue weighted by molar-refractivity contribution is 5.98. The molecule has 1 aromatic carbocycles. The third-order valence-corrected chi connectivity index (χ3v) is 6.40. The molecule has 1 N–H and O–H groups in total. The fourth-order valence-electron chi connectivity index (χ4n) is 4.15. The molecule has 0 aliphatic carbocycles. The topological polar surface area (TPSA) is 158 Å². The van der Waals surface area contributed by atoms with Crippen molar-refractivity contribution in [3.05, 3.63) is 53.9 Å². The highest BCUT2D eigenvalue weighted by Crippen LogP contribution is 2.29. The van der Waals surface area contributed by atoms with Gasteiger partial charge in [0.25, 0.3) is 5.91 Å². The number of amides is 1. The lowest BCUT2D eigenvalue weighted by Gasteiger charge is -2.33. The Labute approximate surface area is 250 Å². The number of hydrogen-bond donors (Lipinski definition) is 1. The first-order chi connectivity index (χ1) is 20.7. The largest absolute Gasteiger partial charge is 0.493 e. The van der Waals surface area contributed by atoms with E-state index in [1.165, 1.54) is 26.3 Å². The molecule has 0 radical (unpaired) electrons. The van der Waals surface area contributed by atoms with Crippen LogP contribution < -0.4 is 14.8 Å². The van der Waals surface area contributed by atoms with Crippen molar-refractivity contribution in [3.63, 3.8) is 0 Å². The molecule has 0 saturated carbocycles. The second-order valence-corrected chi connectivity index (χ2v) is 9.62. The molecular weight excluding hydrogens is 564 g/mol. The number of nitrogens with zero attached hydrogens (tertiary/aromatic N) is 1. The molecule has 0 unspecified atom stereocenters. The second-order valence-electron chi connectivity index (χ2n) is 9.62. The maximum atomic E-state index is 13.3. The van der Waals surface area contributed by atoms with Crippen molar-refractivity contribution in [3.8, 4) is 11.5 Å². The van der Waals surface area contributed by atoms with Crippen molar-refractivity contribution in [1.29, 1.82) is 0 Å². The lowest BCUT2D eigenvalue weighted by molar-refractivity contribution is -0.168. The van der Waals surface area contributed by atoms with Crippen molar-refractivity contribution in [2.45, 2.75) is 64.4 Å². The smallest absolute Gasteiger partial charge is 0.338 e. The molecule has 234 valence electrons. The molecule has 2 aromatic rings. The SMILES string of the molecule is CCCCO[C@H]1CCOC[C@H](NC(=O)c2nccc(OC)c2OCOC(C)=O)C(=O)O[C@@H](C)[C@@H]1OC(=O)c1ccccc1. The number of hydrogen-bond acceptors (Lipinski definition) is 12. The Balaban J connectivity index is 1.79. The summed E-state index contributed by atoms with van der Waals surface area (Å²) >= 11 is 0. The first kappa shape index (κ1) is 33.3. The van der Waals surface area contributed by atoms with Crippen LogP contribution >= 0.6 is 0 Å². The highest BCUT2D eigenvalue weighted by atomic mass is 16.7. The van der Waals surface area contributed by atoms with Crippen LogP contribution in [0, 0.1) is 0 Å². The third-order valence-electron chi connectivity index (χ3n) is 6.40. The quantitative estimate of drug-likeness (QED) is 0.164. The molecule has 43 heavy (non-hydrogen) atoms. The molecule has 0 spiro atoms. The minimum absolute atomic E-state index is 0.0915. The zero-order valence-corrected chi connectivity index (χ0v) is 24.7. The van der Waals surface area contributed by atoms with E-state index in [0.29, 0.717) is 18.6 Å². The normalized spacial score (nSPS) is 20.7. The van der Waals surface area contributed by atoms with E-state index in [9.17, 15) is 19.2 Å². The van der Waals surface area contributed by atoms with E-state index in [-0.39, 0.29) is 30.4 Å². The van der Waals surface area contributed by atoms with Crippen LogP contribution in [0.5, 0.6) is 11.5 Å². The van der Waals surface area contributed by atoms with Crippen LogP contribution in [-0.2, 0) is 33.3 Å². The van der Waals surface area contributed by atoms with Crippen LogP contribution in [0.1, 0.15) is 60.9 Å². The Hall–Kier alpha value is -4.23. The van der Waals surface area contributed by atoms with Crippen LogP contribution in [-0.4, -0.2) is 86.9 Å². The van der Waals surface area contributed by atoms with Gasteiger partial charge in [0.2, 0.25) is 6.79 Å². The summed E-state index contributed by atoms with van der Waals surface area (Å²) in [7, 11) is 1.36. The zero-order chi connectivity index (χ0) is 31.2. The molecule has 0 bridgehead atoms. The Bertz CT molecular complexity index is 1220. The monoisotopic (exact) mass is 602 g/mol. The van der Waals surface area contributed by atoms with Gasteiger partial charge >= 0.3 is 17.9 Å². The van der Waals surface area contributed by atoms with E-state index < -0.39 is 55.0 Å². The Morgan fingerprint density at radius 2 is 1.91 bits per heavy atom. The number of carbonyl (C=O) groups excluding carboxylic acids is 4. The number of unbranched alkanes of at least 4 members (excludes halogenated alkanes) is 1. The Kier molecular flexibility index (Phi) is 13.2. The van der Waals surface area contributed by atoms with E-state index in [0.717, 1.165) is 12.8 Å². The van der Waals surface area contributed by atoms with Gasteiger partial charge in [-0.3, -0.25) is 9.59 Å². The second kappa shape index (κ2) is 17.0. The van der Waals surface area contributed by atoms with E-state index in [1.54, 1.807) is 37.3 Å². The number of esters is 3. The van der Waals surface area contributed by atoms with Crippen LogP contribution in [0.25, 0.3) is 0 Å². The lowest BCUT2D eigenvalue weighted by atomic mass is 10.0. The summed E-state index contributed by atoms with van der Waals surface area (Å²) in [6.07, 6.45) is 0.874. The molecule has 13 nitrogen and oxygen atoms in total. The Morgan fingerprint density at radius 3 is 2.60 bits per heavy atom. The van der Waals surface area contributed by atoms with Gasteiger partial charge in [0.15, 0.2) is 29.3 Å². The summed E-state index contributed by atoms with van der Waals surface area (Å²) in [5, 5.41) is 2.56. The molecule has 1 aliphatic rings. The number of aromatic nitrogens is 1. The summed E-state index contributed by atoms with van der Waals surface area (Å²) in [4.78, 5) is 54.8. The van der Waals surface area contributed by atoms with Gasteiger partial charge in [0, 0.05) is 38.8 Å². The predicted octanol–water partition coefficient (Wildman–Crippen LogP) is 2.85. The van der Waals surface area contributed by atoms with Gasteiger partial charge in [-0.2, -0.15) is 0 Å².